The highest BCUT2D eigenvalue weighted by Gasteiger charge is 2.36. The van der Waals surface area contributed by atoms with E-state index in [9.17, 15) is 4.79 Å². The van der Waals surface area contributed by atoms with E-state index in [-0.39, 0.29) is 12.1 Å². The maximum Gasteiger partial charge on any atom is 0.138 e. The summed E-state index contributed by atoms with van der Waals surface area (Å²) in [5.74, 6) is 0. The van der Waals surface area contributed by atoms with Gasteiger partial charge >= 0.3 is 0 Å². The lowest BCUT2D eigenvalue weighted by atomic mass is 10.1. The lowest BCUT2D eigenvalue weighted by molar-refractivity contribution is -0.107. The fraction of sp³-hybridized carbons (Fsp3) is 0.222. The minimum Gasteiger partial charge on any atom is -0.302 e. The number of aldehydes is 1. The van der Waals surface area contributed by atoms with E-state index < -0.39 is 0 Å². The van der Waals surface area contributed by atoms with Crippen molar-refractivity contribution in [3.63, 3.8) is 0 Å². The Morgan fingerprint density at radius 1 is 1.27 bits per heavy atom. The standard InChI is InChI=1S/C9H9NO/c11-6-8-9(10-8)7-4-2-1-3-5-7/h1-6,8-10H/t8-,9?/m0/s1. The van der Waals surface area contributed by atoms with Gasteiger partial charge < -0.3 is 4.79 Å². The summed E-state index contributed by atoms with van der Waals surface area (Å²) in [6, 6.07) is 10.3. The number of hydrogen-bond acceptors (Lipinski definition) is 2. The molecule has 1 aromatic carbocycles. The number of carbonyl (C=O) groups excluding carboxylic acids is 1. The second-order valence-electron chi connectivity index (χ2n) is 2.72. The van der Waals surface area contributed by atoms with E-state index in [0.29, 0.717) is 0 Å². The molecule has 1 saturated heterocycles. The molecule has 1 aromatic rings. The van der Waals surface area contributed by atoms with Crippen molar-refractivity contribution in [3.05, 3.63) is 35.9 Å². The van der Waals surface area contributed by atoms with E-state index in [2.05, 4.69) is 5.32 Å². The minimum atomic E-state index is 0.0531. The van der Waals surface area contributed by atoms with E-state index in [1.807, 2.05) is 30.3 Å². The molecule has 1 aliphatic heterocycles. The van der Waals surface area contributed by atoms with Gasteiger partial charge in [-0.05, 0) is 5.56 Å². The van der Waals surface area contributed by atoms with Crippen LogP contribution in [0.1, 0.15) is 11.6 Å². The molecule has 0 aliphatic carbocycles. The molecule has 2 atom stereocenters. The quantitative estimate of drug-likeness (QED) is 0.498. The summed E-state index contributed by atoms with van der Waals surface area (Å²) in [6.07, 6.45) is 0.956. The Balaban J connectivity index is 2.14. The predicted octanol–water partition coefficient (Wildman–Crippen LogP) is 0.898. The van der Waals surface area contributed by atoms with Gasteiger partial charge in [0.1, 0.15) is 6.29 Å². The Bertz CT molecular complexity index is 258. The first-order chi connectivity index (χ1) is 5.42. The topological polar surface area (TPSA) is 39.0 Å². The van der Waals surface area contributed by atoms with Crippen LogP contribution in [-0.4, -0.2) is 12.3 Å². The summed E-state index contributed by atoms with van der Waals surface area (Å²) < 4.78 is 0. The average molecular weight is 147 g/mol. The molecule has 1 aliphatic rings. The first-order valence-corrected chi connectivity index (χ1v) is 3.68. The predicted molar refractivity (Wildman–Crippen MR) is 42.2 cm³/mol. The molecule has 0 spiro atoms. The van der Waals surface area contributed by atoms with Gasteiger partial charge in [0.25, 0.3) is 0 Å². The van der Waals surface area contributed by atoms with E-state index in [1.54, 1.807) is 0 Å². The molecule has 0 amide bonds. The fourth-order valence-electron chi connectivity index (χ4n) is 1.23. The molecule has 1 fully saturated rings. The fourth-order valence-corrected chi connectivity index (χ4v) is 1.23. The Kier molecular flexibility index (Phi) is 1.47. The van der Waals surface area contributed by atoms with Gasteiger partial charge in [-0.1, -0.05) is 30.3 Å². The summed E-state index contributed by atoms with van der Waals surface area (Å²) in [5, 5.41) is 3.07. The molecule has 2 nitrogen and oxygen atoms in total. The zero-order chi connectivity index (χ0) is 7.68. The number of hydrogen-bond donors (Lipinski definition) is 1. The van der Waals surface area contributed by atoms with Gasteiger partial charge in [-0.15, -0.1) is 0 Å². The minimum absolute atomic E-state index is 0.0531. The third-order valence-electron chi connectivity index (χ3n) is 1.93. The highest BCUT2D eigenvalue weighted by atomic mass is 16.1. The van der Waals surface area contributed by atoms with Crippen LogP contribution in [0.25, 0.3) is 0 Å². The molecule has 11 heavy (non-hydrogen) atoms. The number of carbonyl (C=O) groups is 1. The van der Waals surface area contributed by atoms with Gasteiger partial charge in [-0.2, -0.15) is 0 Å². The molecule has 56 valence electrons. The molecule has 1 heterocycles. The maximum atomic E-state index is 10.3. The van der Waals surface area contributed by atoms with E-state index in [0.717, 1.165) is 6.29 Å². The van der Waals surface area contributed by atoms with Crippen LogP contribution in [0, 0.1) is 0 Å². The molecular weight excluding hydrogens is 138 g/mol. The molecule has 0 bridgehead atoms. The zero-order valence-corrected chi connectivity index (χ0v) is 6.03. The Morgan fingerprint density at radius 2 is 2.00 bits per heavy atom. The van der Waals surface area contributed by atoms with Crippen LogP contribution >= 0.6 is 0 Å². The summed E-state index contributed by atoms with van der Waals surface area (Å²) in [7, 11) is 0. The van der Waals surface area contributed by atoms with Gasteiger partial charge in [0.2, 0.25) is 0 Å². The highest BCUT2D eigenvalue weighted by Crippen LogP contribution is 2.27. The van der Waals surface area contributed by atoms with Crippen molar-refractivity contribution >= 4 is 6.29 Å². The lowest BCUT2D eigenvalue weighted by Crippen LogP contribution is -1.89. The Hall–Kier alpha value is -1.15. The Morgan fingerprint density at radius 3 is 2.55 bits per heavy atom. The molecule has 2 rings (SSSR count). The second kappa shape index (κ2) is 2.47. The van der Waals surface area contributed by atoms with Crippen LogP contribution in [0.3, 0.4) is 0 Å². The summed E-state index contributed by atoms with van der Waals surface area (Å²) in [6.45, 7) is 0. The van der Waals surface area contributed by atoms with Crippen molar-refractivity contribution in [2.75, 3.05) is 0 Å². The monoisotopic (exact) mass is 147 g/mol. The number of benzene rings is 1. The molecular formula is C9H9NO. The smallest absolute Gasteiger partial charge is 0.138 e. The summed E-state index contributed by atoms with van der Waals surface area (Å²) >= 11 is 0. The van der Waals surface area contributed by atoms with E-state index in [1.165, 1.54) is 5.56 Å². The van der Waals surface area contributed by atoms with Gasteiger partial charge in [0.05, 0.1) is 12.1 Å². The van der Waals surface area contributed by atoms with E-state index in [4.69, 9.17) is 0 Å². The lowest BCUT2D eigenvalue weighted by Gasteiger charge is -1.92. The van der Waals surface area contributed by atoms with Gasteiger partial charge in [0, 0.05) is 0 Å². The first kappa shape index (κ1) is 6.55. The van der Waals surface area contributed by atoms with Crippen LogP contribution in [-0.2, 0) is 4.79 Å². The van der Waals surface area contributed by atoms with Crippen molar-refractivity contribution in [1.82, 2.24) is 5.32 Å². The van der Waals surface area contributed by atoms with Crippen molar-refractivity contribution in [3.8, 4) is 0 Å². The van der Waals surface area contributed by atoms with Crippen molar-refractivity contribution < 1.29 is 4.79 Å². The zero-order valence-electron chi connectivity index (χ0n) is 6.03. The SMILES string of the molecule is O=C[C@@H]1NC1c1ccccc1. The molecule has 1 unspecified atom stereocenters. The number of nitrogens with one attached hydrogen (secondary N) is 1. The first-order valence-electron chi connectivity index (χ1n) is 3.68. The number of rotatable bonds is 2. The average Bonchev–Trinajstić information content (AvgIpc) is 2.85. The molecule has 2 heteroatoms. The van der Waals surface area contributed by atoms with Crippen LogP contribution in [0.4, 0.5) is 0 Å². The molecule has 0 saturated carbocycles. The van der Waals surface area contributed by atoms with Crippen LogP contribution in [0.5, 0.6) is 0 Å². The molecule has 0 radical (unpaired) electrons. The third-order valence-corrected chi connectivity index (χ3v) is 1.93. The van der Waals surface area contributed by atoms with Crippen LogP contribution < -0.4 is 5.32 Å². The largest absolute Gasteiger partial charge is 0.302 e. The van der Waals surface area contributed by atoms with Crippen LogP contribution in [0.2, 0.25) is 0 Å². The van der Waals surface area contributed by atoms with Crippen LogP contribution in [0.15, 0.2) is 30.3 Å². The Labute approximate surface area is 65.2 Å². The van der Waals surface area contributed by atoms with E-state index >= 15 is 0 Å². The molecule has 0 aromatic heterocycles. The second-order valence-corrected chi connectivity index (χ2v) is 2.72. The van der Waals surface area contributed by atoms with Crippen molar-refractivity contribution in [1.29, 1.82) is 0 Å². The van der Waals surface area contributed by atoms with Gasteiger partial charge in [0.15, 0.2) is 0 Å². The third kappa shape index (κ3) is 1.17. The highest BCUT2D eigenvalue weighted by molar-refractivity contribution is 5.65. The van der Waals surface area contributed by atoms with Gasteiger partial charge in [-0.25, -0.2) is 0 Å². The van der Waals surface area contributed by atoms with Crippen molar-refractivity contribution in [2.45, 2.75) is 12.1 Å². The summed E-state index contributed by atoms with van der Waals surface area (Å²) in [4.78, 5) is 10.3. The van der Waals surface area contributed by atoms with Gasteiger partial charge in [-0.3, -0.25) is 5.32 Å². The van der Waals surface area contributed by atoms with Crippen molar-refractivity contribution in [2.24, 2.45) is 0 Å². The normalized spacial score (nSPS) is 28.0. The maximum absolute atomic E-state index is 10.3. The summed E-state index contributed by atoms with van der Waals surface area (Å²) in [5.41, 5.74) is 1.20. The molecule has 1 N–H and O–H groups in total.